The number of anilines is 1. The summed E-state index contributed by atoms with van der Waals surface area (Å²) >= 11 is 12.1. The second-order valence-corrected chi connectivity index (χ2v) is 6.39. The normalized spacial score (nSPS) is 15.5. The zero-order valence-corrected chi connectivity index (χ0v) is 14.2. The highest BCUT2D eigenvalue weighted by Gasteiger charge is 2.18. The number of halogens is 4. The van der Waals surface area contributed by atoms with Gasteiger partial charge in [0.1, 0.15) is 0 Å². The highest BCUT2D eigenvalue weighted by Crippen LogP contribution is 2.34. The van der Waals surface area contributed by atoms with Gasteiger partial charge < -0.3 is 10.1 Å². The standard InChI is InChI=1S/C16H15Cl2F2N3O/c17-11-6-13(19)16(22-7-9-1-3-24-4-2-9)23-15(11)10-5-14(20)21-8-12(10)18/h5-6,8-9H,1-4,7H2,(H,22,23). The van der Waals surface area contributed by atoms with E-state index in [4.69, 9.17) is 27.9 Å². The highest BCUT2D eigenvalue weighted by molar-refractivity contribution is 6.36. The number of aromatic nitrogens is 2. The average molecular weight is 374 g/mol. The summed E-state index contributed by atoms with van der Waals surface area (Å²) in [5.41, 5.74) is 0.474. The average Bonchev–Trinajstić information content (AvgIpc) is 2.57. The van der Waals surface area contributed by atoms with Gasteiger partial charge in [0.05, 0.1) is 15.7 Å². The molecule has 0 bridgehead atoms. The summed E-state index contributed by atoms with van der Waals surface area (Å²) in [4.78, 5) is 7.66. The van der Waals surface area contributed by atoms with Crippen LogP contribution in [0, 0.1) is 17.7 Å². The maximum atomic E-state index is 14.1. The zero-order valence-electron chi connectivity index (χ0n) is 12.7. The molecule has 24 heavy (non-hydrogen) atoms. The molecule has 1 saturated heterocycles. The van der Waals surface area contributed by atoms with Crippen LogP contribution in [0.4, 0.5) is 14.6 Å². The van der Waals surface area contributed by atoms with E-state index in [0.29, 0.717) is 25.7 Å². The predicted octanol–water partition coefficient (Wildman–Crippen LogP) is 4.57. The van der Waals surface area contributed by atoms with Crippen LogP contribution in [0.2, 0.25) is 10.0 Å². The topological polar surface area (TPSA) is 47.0 Å². The highest BCUT2D eigenvalue weighted by atomic mass is 35.5. The fourth-order valence-electron chi connectivity index (χ4n) is 2.57. The first-order valence-corrected chi connectivity index (χ1v) is 8.29. The fourth-order valence-corrected chi connectivity index (χ4v) is 3.00. The van der Waals surface area contributed by atoms with E-state index < -0.39 is 11.8 Å². The third-order valence-electron chi connectivity index (χ3n) is 3.91. The predicted molar refractivity (Wildman–Crippen MR) is 89.4 cm³/mol. The third-order valence-corrected chi connectivity index (χ3v) is 4.49. The van der Waals surface area contributed by atoms with Crippen LogP contribution in [0.3, 0.4) is 0 Å². The summed E-state index contributed by atoms with van der Waals surface area (Å²) in [6.07, 6.45) is 3.00. The van der Waals surface area contributed by atoms with Gasteiger partial charge in [-0.2, -0.15) is 4.39 Å². The van der Waals surface area contributed by atoms with Crippen LogP contribution in [0.1, 0.15) is 12.8 Å². The van der Waals surface area contributed by atoms with Crippen molar-refractivity contribution >= 4 is 29.0 Å². The van der Waals surface area contributed by atoms with Crippen LogP contribution in [-0.2, 0) is 4.74 Å². The SMILES string of the molecule is Fc1cc(-c2nc(NCC3CCOCC3)c(F)cc2Cl)c(Cl)cn1. The number of pyridine rings is 2. The van der Waals surface area contributed by atoms with Gasteiger partial charge in [-0.3, -0.25) is 0 Å². The molecule has 1 fully saturated rings. The van der Waals surface area contributed by atoms with E-state index in [9.17, 15) is 8.78 Å². The molecule has 0 radical (unpaired) electrons. The number of nitrogens with one attached hydrogen (secondary N) is 1. The number of ether oxygens (including phenoxy) is 1. The Morgan fingerprint density at radius 3 is 2.67 bits per heavy atom. The first-order chi connectivity index (χ1) is 11.5. The number of nitrogens with zero attached hydrogens (tertiary/aromatic N) is 2. The lowest BCUT2D eigenvalue weighted by atomic mass is 10.0. The molecule has 0 spiro atoms. The van der Waals surface area contributed by atoms with Crippen LogP contribution in [0.25, 0.3) is 11.3 Å². The first kappa shape index (κ1) is 17.3. The van der Waals surface area contributed by atoms with E-state index in [2.05, 4.69) is 15.3 Å². The van der Waals surface area contributed by atoms with Gasteiger partial charge in [-0.05, 0) is 24.8 Å². The minimum absolute atomic E-state index is 0.0524. The fraction of sp³-hybridized carbons (Fsp3) is 0.375. The Balaban J connectivity index is 1.86. The van der Waals surface area contributed by atoms with Crippen LogP contribution in [-0.4, -0.2) is 29.7 Å². The Bertz CT molecular complexity index is 740. The maximum absolute atomic E-state index is 14.1. The molecule has 2 aromatic heterocycles. The van der Waals surface area contributed by atoms with Crippen LogP contribution in [0.15, 0.2) is 18.3 Å². The molecular formula is C16H15Cl2F2N3O. The lowest BCUT2D eigenvalue weighted by molar-refractivity contribution is 0.0699. The Kier molecular flexibility index (Phi) is 5.48. The molecule has 128 valence electrons. The molecule has 0 saturated carbocycles. The van der Waals surface area contributed by atoms with Gasteiger partial charge in [0.15, 0.2) is 11.6 Å². The Morgan fingerprint density at radius 1 is 1.17 bits per heavy atom. The number of hydrogen-bond donors (Lipinski definition) is 1. The summed E-state index contributed by atoms with van der Waals surface area (Å²) in [6.45, 7) is 1.99. The van der Waals surface area contributed by atoms with Crippen molar-refractivity contribution < 1.29 is 13.5 Å². The van der Waals surface area contributed by atoms with Crippen molar-refractivity contribution in [3.8, 4) is 11.3 Å². The largest absolute Gasteiger partial charge is 0.381 e. The summed E-state index contributed by atoms with van der Waals surface area (Å²) in [6, 6.07) is 2.27. The van der Waals surface area contributed by atoms with Crippen molar-refractivity contribution in [2.24, 2.45) is 5.92 Å². The van der Waals surface area contributed by atoms with Gasteiger partial charge in [-0.15, -0.1) is 0 Å². The van der Waals surface area contributed by atoms with Crippen molar-refractivity contribution in [2.75, 3.05) is 25.1 Å². The van der Waals surface area contributed by atoms with E-state index in [1.807, 2.05) is 0 Å². The number of hydrogen-bond acceptors (Lipinski definition) is 4. The van der Waals surface area contributed by atoms with Gasteiger partial charge in [0.2, 0.25) is 5.95 Å². The van der Waals surface area contributed by atoms with E-state index in [1.54, 1.807) is 0 Å². The van der Waals surface area contributed by atoms with E-state index in [-0.39, 0.29) is 27.1 Å². The molecule has 4 nitrogen and oxygen atoms in total. The van der Waals surface area contributed by atoms with Crippen molar-refractivity contribution in [3.63, 3.8) is 0 Å². The van der Waals surface area contributed by atoms with Crippen LogP contribution < -0.4 is 5.32 Å². The Hall–Kier alpha value is -1.50. The molecule has 0 atom stereocenters. The molecule has 1 aliphatic rings. The lowest BCUT2D eigenvalue weighted by Crippen LogP contribution is -2.23. The van der Waals surface area contributed by atoms with E-state index in [1.165, 1.54) is 6.20 Å². The van der Waals surface area contributed by atoms with Crippen LogP contribution in [0.5, 0.6) is 0 Å². The molecular weight excluding hydrogens is 359 g/mol. The molecule has 0 amide bonds. The molecule has 3 heterocycles. The number of rotatable bonds is 4. The van der Waals surface area contributed by atoms with Crippen molar-refractivity contribution in [2.45, 2.75) is 12.8 Å². The molecule has 1 aliphatic heterocycles. The van der Waals surface area contributed by atoms with E-state index in [0.717, 1.165) is 25.0 Å². The van der Waals surface area contributed by atoms with Gasteiger partial charge in [-0.1, -0.05) is 23.2 Å². The Labute approximate surface area is 148 Å². The minimum Gasteiger partial charge on any atom is -0.381 e. The summed E-state index contributed by atoms with van der Waals surface area (Å²) in [5, 5.41) is 3.24. The maximum Gasteiger partial charge on any atom is 0.213 e. The van der Waals surface area contributed by atoms with Gasteiger partial charge >= 0.3 is 0 Å². The molecule has 8 heteroatoms. The van der Waals surface area contributed by atoms with Gasteiger partial charge in [0.25, 0.3) is 0 Å². The molecule has 3 rings (SSSR count). The lowest BCUT2D eigenvalue weighted by Gasteiger charge is -2.22. The summed E-state index contributed by atoms with van der Waals surface area (Å²) in [5.74, 6) is -0.829. The van der Waals surface area contributed by atoms with E-state index >= 15 is 0 Å². The van der Waals surface area contributed by atoms with Crippen molar-refractivity contribution in [1.29, 1.82) is 0 Å². The second kappa shape index (κ2) is 7.59. The first-order valence-electron chi connectivity index (χ1n) is 7.53. The molecule has 0 aromatic carbocycles. The second-order valence-electron chi connectivity index (χ2n) is 5.57. The summed E-state index contributed by atoms with van der Waals surface area (Å²) in [7, 11) is 0. The molecule has 0 aliphatic carbocycles. The summed E-state index contributed by atoms with van der Waals surface area (Å²) < 4.78 is 32.8. The quantitative estimate of drug-likeness (QED) is 0.797. The van der Waals surface area contributed by atoms with Crippen molar-refractivity contribution in [3.05, 3.63) is 40.1 Å². The monoisotopic (exact) mass is 373 g/mol. The van der Waals surface area contributed by atoms with Gasteiger partial charge in [0, 0.05) is 37.6 Å². The van der Waals surface area contributed by atoms with Crippen molar-refractivity contribution in [1.82, 2.24) is 9.97 Å². The minimum atomic E-state index is -0.715. The van der Waals surface area contributed by atoms with Gasteiger partial charge in [-0.25, -0.2) is 14.4 Å². The molecule has 0 unspecified atom stereocenters. The third kappa shape index (κ3) is 3.94. The Morgan fingerprint density at radius 2 is 1.92 bits per heavy atom. The van der Waals surface area contributed by atoms with Crippen LogP contribution >= 0.6 is 23.2 Å². The smallest absolute Gasteiger partial charge is 0.213 e. The molecule has 1 N–H and O–H groups in total. The zero-order chi connectivity index (χ0) is 17.1. The molecule has 2 aromatic rings.